The summed E-state index contributed by atoms with van der Waals surface area (Å²) in [6, 6.07) is 5.99. The monoisotopic (exact) mass is 338 g/mol. The van der Waals surface area contributed by atoms with Crippen LogP contribution >= 0.6 is 0 Å². The van der Waals surface area contributed by atoms with Crippen LogP contribution in [0.1, 0.15) is 58.8 Å². The predicted molar refractivity (Wildman–Crippen MR) is 94.8 cm³/mol. The maximum absolute atomic E-state index is 12.9. The molecule has 2 aromatic rings. The molecule has 25 heavy (non-hydrogen) atoms. The van der Waals surface area contributed by atoms with Crippen LogP contribution in [0.25, 0.3) is 10.9 Å². The van der Waals surface area contributed by atoms with Gasteiger partial charge in [0.2, 0.25) is 0 Å². The quantitative estimate of drug-likeness (QED) is 0.896. The number of aliphatic carboxylic acids is 1. The highest BCUT2D eigenvalue weighted by molar-refractivity contribution is 6.07. The van der Waals surface area contributed by atoms with E-state index in [4.69, 9.17) is 10.1 Å². The minimum Gasteiger partial charge on any atom is -0.481 e. The summed E-state index contributed by atoms with van der Waals surface area (Å²) in [5.41, 5.74) is 4.76. The highest BCUT2D eigenvalue weighted by Crippen LogP contribution is 2.40. The average Bonchev–Trinajstić information content (AvgIpc) is 3.33. The Balaban J connectivity index is 1.67. The maximum atomic E-state index is 12.9. The number of nitrogens with zero attached hydrogens (tertiary/aromatic N) is 1. The van der Waals surface area contributed by atoms with Gasteiger partial charge in [-0.3, -0.25) is 14.6 Å². The van der Waals surface area contributed by atoms with Crippen molar-refractivity contribution in [3.05, 3.63) is 40.6 Å². The van der Waals surface area contributed by atoms with Crippen molar-refractivity contribution in [1.82, 2.24) is 10.3 Å². The third-order valence-corrected chi connectivity index (χ3v) is 5.33. The number of hydrogen-bond acceptors (Lipinski definition) is 3. The lowest BCUT2D eigenvalue weighted by Crippen LogP contribution is -2.46. The van der Waals surface area contributed by atoms with Gasteiger partial charge in [-0.15, -0.1) is 0 Å². The van der Waals surface area contributed by atoms with E-state index in [0.717, 1.165) is 40.6 Å². The summed E-state index contributed by atoms with van der Waals surface area (Å²) in [5.74, 6) is -0.752. The zero-order chi connectivity index (χ0) is 17.7. The number of hydrogen-bond donors (Lipinski definition) is 2. The van der Waals surface area contributed by atoms with Gasteiger partial charge in [0.25, 0.3) is 5.91 Å². The minimum atomic E-state index is -0.776. The summed E-state index contributed by atoms with van der Waals surface area (Å²) >= 11 is 0. The minimum absolute atomic E-state index is 0.0490. The normalized spacial score (nSPS) is 22.5. The molecule has 2 saturated carbocycles. The average molecular weight is 338 g/mol. The molecular formula is C20H22N2O3. The van der Waals surface area contributed by atoms with Crippen LogP contribution in [0.2, 0.25) is 0 Å². The SMILES string of the molecule is Cc1cc(C)c2nc(C3CC3)cc(C(=O)NC3CC(C(=O)O)C3)c2c1. The van der Waals surface area contributed by atoms with E-state index in [-0.39, 0.29) is 17.9 Å². The molecule has 0 unspecified atom stereocenters. The largest absolute Gasteiger partial charge is 0.481 e. The van der Waals surface area contributed by atoms with E-state index >= 15 is 0 Å². The van der Waals surface area contributed by atoms with Gasteiger partial charge in [0.15, 0.2) is 0 Å². The number of amides is 1. The molecule has 130 valence electrons. The molecule has 5 nitrogen and oxygen atoms in total. The third kappa shape index (κ3) is 2.99. The molecule has 5 heteroatoms. The van der Waals surface area contributed by atoms with E-state index in [2.05, 4.69) is 11.4 Å². The van der Waals surface area contributed by atoms with Gasteiger partial charge in [-0.2, -0.15) is 0 Å². The van der Waals surface area contributed by atoms with Gasteiger partial charge in [-0.05, 0) is 57.2 Å². The van der Waals surface area contributed by atoms with Crippen LogP contribution in [0, 0.1) is 19.8 Å². The second-order valence-electron chi connectivity index (χ2n) is 7.52. The maximum Gasteiger partial charge on any atom is 0.306 e. The molecule has 0 bridgehead atoms. The smallest absolute Gasteiger partial charge is 0.306 e. The number of carbonyl (C=O) groups excluding carboxylic acids is 1. The Bertz CT molecular complexity index is 880. The summed E-state index contributed by atoms with van der Waals surface area (Å²) in [6.07, 6.45) is 3.29. The van der Waals surface area contributed by atoms with Gasteiger partial charge in [0, 0.05) is 23.0 Å². The molecule has 4 rings (SSSR count). The number of pyridine rings is 1. The van der Waals surface area contributed by atoms with Crippen molar-refractivity contribution in [2.75, 3.05) is 0 Å². The Hall–Kier alpha value is -2.43. The van der Waals surface area contributed by atoms with E-state index in [1.807, 2.05) is 26.0 Å². The van der Waals surface area contributed by atoms with Crippen LogP contribution in [0.15, 0.2) is 18.2 Å². The van der Waals surface area contributed by atoms with E-state index < -0.39 is 5.97 Å². The van der Waals surface area contributed by atoms with Crippen molar-refractivity contribution in [1.29, 1.82) is 0 Å². The van der Waals surface area contributed by atoms with Crippen LogP contribution in [-0.4, -0.2) is 28.0 Å². The number of fused-ring (bicyclic) bond motifs is 1. The Kier molecular flexibility index (Phi) is 3.74. The first-order valence-corrected chi connectivity index (χ1v) is 8.88. The second kappa shape index (κ2) is 5.83. The van der Waals surface area contributed by atoms with Crippen molar-refractivity contribution in [2.45, 2.75) is 51.5 Å². The second-order valence-corrected chi connectivity index (χ2v) is 7.52. The number of rotatable bonds is 4. The van der Waals surface area contributed by atoms with E-state index in [9.17, 15) is 9.59 Å². The Labute approximate surface area is 146 Å². The molecule has 0 radical (unpaired) electrons. The van der Waals surface area contributed by atoms with Gasteiger partial charge in [-0.1, -0.05) is 11.6 Å². The van der Waals surface area contributed by atoms with E-state index in [0.29, 0.717) is 24.3 Å². The number of benzene rings is 1. The highest BCUT2D eigenvalue weighted by atomic mass is 16.4. The van der Waals surface area contributed by atoms with Gasteiger partial charge < -0.3 is 10.4 Å². The first kappa shape index (κ1) is 16.1. The molecule has 0 aliphatic heterocycles. The molecule has 0 spiro atoms. The summed E-state index contributed by atoms with van der Waals surface area (Å²) in [5, 5.41) is 12.9. The first-order valence-electron chi connectivity index (χ1n) is 8.88. The van der Waals surface area contributed by atoms with Crippen LogP contribution < -0.4 is 5.32 Å². The zero-order valence-electron chi connectivity index (χ0n) is 14.5. The van der Waals surface area contributed by atoms with Crippen molar-refractivity contribution in [3.8, 4) is 0 Å². The molecule has 1 aromatic carbocycles. The summed E-state index contributed by atoms with van der Waals surface area (Å²) < 4.78 is 0. The summed E-state index contributed by atoms with van der Waals surface area (Å²) in [4.78, 5) is 28.6. The van der Waals surface area contributed by atoms with Gasteiger partial charge in [-0.25, -0.2) is 0 Å². The van der Waals surface area contributed by atoms with Crippen molar-refractivity contribution in [2.24, 2.45) is 5.92 Å². The topological polar surface area (TPSA) is 79.3 Å². The molecule has 0 saturated heterocycles. The number of nitrogens with one attached hydrogen (secondary N) is 1. The van der Waals surface area contributed by atoms with Crippen LogP contribution in [-0.2, 0) is 4.79 Å². The molecule has 2 N–H and O–H groups in total. The van der Waals surface area contributed by atoms with Crippen LogP contribution in [0.4, 0.5) is 0 Å². The van der Waals surface area contributed by atoms with Crippen LogP contribution in [0.3, 0.4) is 0 Å². The van der Waals surface area contributed by atoms with E-state index in [1.165, 1.54) is 0 Å². The predicted octanol–water partition coefficient (Wildman–Crippen LogP) is 3.32. The molecule has 2 aliphatic carbocycles. The van der Waals surface area contributed by atoms with Crippen molar-refractivity contribution >= 4 is 22.8 Å². The fourth-order valence-electron chi connectivity index (χ4n) is 3.68. The molecular weight excluding hydrogens is 316 g/mol. The highest BCUT2D eigenvalue weighted by Gasteiger charge is 2.36. The Morgan fingerprint density at radius 2 is 1.88 bits per heavy atom. The first-order chi connectivity index (χ1) is 11.9. The number of carboxylic acid groups (broad SMARTS) is 1. The Morgan fingerprint density at radius 1 is 1.16 bits per heavy atom. The zero-order valence-corrected chi connectivity index (χ0v) is 14.5. The molecule has 1 aromatic heterocycles. The molecule has 1 amide bonds. The lowest BCUT2D eigenvalue weighted by atomic mass is 9.80. The fourth-order valence-corrected chi connectivity index (χ4v) is 3.68. The molecule has 2 aliphatic rings. The van der Waals surface area contributed by atoms with Crippen LogP contribution in [0.5, 0.6) is 0 Å². The Morgan fingerprint density at radius 3 is 2.52 bits per heavy atom. The molecule has 1 heterocycles. The van der Waals surface area contributed by atoms with E-state index in [1.54, 1.807) is 0 Å². The summed E-state index contributed by atoms with van der Waals surface area (Å²) in [6.45, 7) is 4.05. The number of aryl methyl sites for hydroxylation is 2. The standard InChI is InChI=1S/C20H22N2O3/c1-10-5-11(2)18-15(6-10)16(9-17(22-18)12-3-4-12)19(23)21-14-7-13(8-14)20(24)25/h5-6,9,12-14H,3-4,7-8H2,1-2H3,(H,21,23)(H,24,25). The van der Waals surface area contributed by atoms with Gasteiger partial charge in [0.05, 0.1) is 17.0 Å². The fraction of sp³-hybridized carbons (Fsp3) is 0.450. The van der Waals surface area contributed by atoms with Crippen molar-refractivity contribution < 1.29 is 14.7 Å². The lowest BCUT2D eigenvalue weighted by Gasteiger charge is -2.33. The van der Waals surface area contributed by atoms with Gasteiger partial charge in [0.1, 0.15) is 0 Å². The summed E-state index contributed by atoms with van der Waals surface area (Å²) in [7, 11) is 0. The molecule has 0 atom stereocenters. The van der Waals surface area contributed by atoms with Crippen molar-refractivity contribution in [3.63, 3.8) is 0 Å². The number of aromatic nitrogens is 1. The molecule has 2 fully saturated rings. The van der Waals surface area contributed by atoms with Gasteiger partial charge >= 0.3 is 5.97 Å². The third-order valence-electron chi connectivity index (χ3n) is 5.33. The number of carboxylic acids is 1. The number of carbonyl (C=O) groups is 2. The lowest BCUT2D eigenvalue weighted by molar-refractivity contribution is -0.145.